The maximum atomic E-state index is 14.3. The number of anilines is 1. The first-order chi connectivity index (χ1) is 45.4. The second-order valence-electron chi connectivity index (χ2n) is 23.6. The van der Waals surface area contributed by atoms with Crippen molar-refractivity contribution in [1.82, 2.24) is 35.7 Å². The number of rotatable bonds is 41. The predicted octanol–water partition coefficient (Wildman–Crippen LogP) is 2.33. The van der Waals surface area contributed by atoms with E-state index < -0.39 is 59.7 Å². The second-order valence-corrected chi connectivity index (χ2v) is 24.7. The Morgan fingerprint density at radius 1 is 0.763 bits per heavy atom. The van der Waals surface area contributed by atoms with Crippen LogP contribution >= 0.6 is 11.8 Å². The van der Waals surface area contributed by atoms with Crippen molar-refractivity contribution in [3.05, 3.63) is 50.8 Å². The van der Waals surface area contributed by atoms with E-state index in [1.54, 1.807) is 55.3 Å². The van der Waals surface area contributed by atoms with Crippen LogP contribution in [0.3, 0.4) is 0 Å². The van der Waals surface area contributed by atoms with Crippen molar-refractivity contribution in [2.75, 3.05) is 136 Å². The molecule has 2 aromatic heterocycles. The standard InChI is InChI=1S/C64H91N9O19S/c1-4-64(83)46-36-50-56-44(38-72(50)61(80)45(46)39-92-62(64)81)43-16-35-93-57-48(12-11-47(68-56)54(43)57)69-59(78)49(6-5-17-67-63(65)82)70-60(79)55(40(2)3)71-51(74)15-19-84-21-23-86-25-27-88-29-31-90-33-34-91-32-30-89-28-26-87-24-22-85-20-18-66-58(77)42-9-7-41(8-10-42)37-73-52(75)13-14-53(73)76/h11-12,36,40-42,49,55,83H,4-10,13-35,37-39H2,1-3H3,(H,66,77)(H,69,78)(H,70,79)(H,71,74)(H3,65,67,82)/t41?,42?,49-,55-,64-/m0/s1/i13T/t13?,41?,42?,49-,55-,64-. The minimum atomic E-state index is -1.96. The van der Waals surface area contributed by atoms with Gasteiger partial charge in [-0.3, -0.25) is 38.5 Å². The largest absolute Gasteiger partial charge is 0.458 e. The molecule has 3 aromatic rings. The van der Waals surface area contributed by atoms with Crippen LogP contribution in [0.4, 0.5) is 10.5 Å². The van der Waals surface area contributed by atoms with Crippen LogP contribution < -0.4 is 37.9 Å². The number of esters is 1. The Bertz CT molecular complexity index is 3200. The molecule has 0 radical (unpaired) electrons. The number of urea groups is 1. The number of aromatic nitrogens is 2. The van der Waals surface area contributed by atoms with Crippen molar-refractivity contribution >= 4 is 75.8 Å². The highest BCUT2D eigenvalue weighted by Crippen LogP contribution is 2.46. The first-order valence-electron chi connectivity index (χ1n) is 32.9. The van der Waals surface area contributed by atoms with Gasteiger partial charge in [0.05, 0.1) is 140 Å². The molecule has 4 atom stereocenters. The van der Waals surface area contributed by atoms with E-state index in [9.17, 15) is 48.3 Å². The maximum Gasteiger partial charge on any atom is 0.343 e. The van der Waals surface area contributed by atoms with Crippen molar-refractivity contribution in [3.8, 4) is 11.4 Å². The van der Waals surface area contributed by atoms with Crippen LogP contribution in [0.1, 0.15) is 109 Å². The van der Waals surface area contributed by atoms with Crippen LogP contribution in [-0.2, 0) is 101 Å². The number of carbonyl (C=O) groups excluding carboxylic acids is 8. The van der Waals surface area contributed by atoms with Gasteiger partial charge in [0.2, 0.25) is 35.4 Å². The number of carbonyl (C=O) groups is 8. The summed E-state index contributed by atoms with van der Waals surface area (Å²) in [5.74, 6) is -2.66. The summed E-state index contributed by atoms with van der Waals surface area (Å²) < 4.78 is 59.0. The highest BCUT2D eigenvalue weighted by Gasteiger charge is 2.46. The van der Waals surface area contributed by atoms with E-state index in [-0.39, 0.29) is 118 Å². The molecular weight excluding hydrogens is 1230 g/mol. The van der Waals surface area contributed by atoms with E-state index in [4.69, 9.17) is 54.7 Å². The Morgan fingerprint density at radius 2 is 1.38 bits per heavy atom. The van der Waals surface area contributed by atoms with Crippen LogP contribution in [0.2, 0.25) is 0 Å². The number of nitrogens with two attached hydrogens (primary N) is 1. The van der Waals surface area contributed by atoms with E-state index in [1.165, 1.54) is 4.90 Å². The van der Waals surface area contributed by atoms with Crippen molar-refractivity contribution in [2.45, 2.75) is 127 Å². The summed E-state index contributed by atoms with van der Waals surface area (Å²) >= 11 is 1.54. The molecule has 1 aromatic carbocycles. The number of fused-ring (bicyclic) bond motifs is 5. The van der Waals surface area contributed by atoms with Gasteiger partial charge in [0.15, 0.2) is 5.60 Å². The molecule has 6 heterocycles. The smallest absolute Gasteiger partial charge is 0.343 e. The van der Waals surface area contributed by atoms with E-state index in [1.807, 2.05) is 0 Å². The summed E-state index contributed by atoms with van der Waals surface area (Å²) in [7, 11) is 0. The van der Waals surface area contributed by atoms with Crippen LogP contribution in [0, 0.1) is 17.8 Å². The molecule has 0 bridgehead atoms. The molecule has 4 aliphatic heterocycles. The molecule has 1 saturated heterocycles. The fraction of sp³-hybridized carbons (Fsp3) is 0.656. The van der Waals surface area contributed by atoms with Gasteiger partial charge in [-0.2, -0.15) is 0 Å². The second kappa shape index (κ2) is 36.3. The number of pyridine rings is 2. The average molecular weight is 1320 g/mol. The number of ether oxygens (including phenoxy) is 9. The number of nitrogens with zero attached hydrogens (tertiary/aromatic N) is 3. The Balaban J connectivity index is 0.632. The molecule has 1 unspecified atom stereocenters. The Morgan fingerprint density at radius 3 is 1.96 bits per heavy atom. The molecule has 1 saturated carbocycles. The van der Waals surface area contributed by atoms with E-state index in [2.05, 4.69) is 26.6 Å². The lowest BCUT2D eigenvalue weighted by Crippen LogP contribution is -2.54. The molecule has 8 amide bonds. The third kappa shape index (κ3) is 20.0. The van der Waals surface area contributed by atoms with Crippen molar-refractivity contribution < 1.29 is 87.5 Å². The normalized spacial score (nSPS) is 19.8. The minimum Gasteiger partial charge on any atom is -0.458 e. The molecule has 512 valence electrons. The zero-order valence-corrected chi connectivity index (χ0v) is 54.3. The fourth-order valence-corrected chi connectivity index (χ4v) is 13.0. The molecule has 1 aliphatic carbocycles. The summed E-state index contributed by atoms with van der Waals surface area (Å²) in [6.07, 6.45) is 2.94. The third-order valence-electron chi connectivity index (χ3n) is 16.9. The Kier molecular flexibility index (Phi) is 27.6. The van der Waals surface area contributed by atoms with Gasteiger partial charge in [0.25, 0.3) is 5.56 Å². The van der Waals surface area contributed by atoms with E-state index in [0.717, 1.165) is 34.3 Å². The van der Waals surface area contributed by atoms with Gasteiger partial charge in [-0.1, -0.05) is 20.8 Å². The number of primary amides is 1. The summed E-state index contributed by atoms with van der Waals surface area (Å²) in [5.41, 5.74) is 7.43. The number of hydrogen-bond acceptors (Lipinski definition) is 21. The predicted molar refractivity (Wildman–Crippen MR) is 339 cm³/mol. The first kappa shape index (κ1) is 70.6. The minimum absolute atomic E-state index is 0.00900. The van der Waals surface area contributed by atoms with Crippen LogP contribution in [0.5, 0.6) is 0 Å². The van der Waals surface area contributed by atoms with Crippen molar-refractivity contribution in [3.63, 3.8) is 0 Å². The van der Waals surface area contributed by atoms with E-state index >= 15 is 0 Å². The molecule has 0 spiro atoms. The van der Waals surface area contributed by atoms with E-state index in [0.29, 0.717) is 147 Å². The molecule has 8 rings (SSSR count). The number of imide groups is 1. The number of benzene rings is 1. The number of cyclic esters (lactones) is 1. The summed E-state index contributed by atoms with van der Waals surface area (Å²) in [5, 5.41) is 26.3. The molecule has 2 fully saturated rings. The quantitative estimate of drug-likeness (QED) is 0.0190. The summed E-state index contributed by atoms with van der Waals surface area (Å²) in [6, 6.07) is 2.38. The highest BCUT2D eigenvalue weighted by atomic mass is 32.2. The number of aliphatic hydroxyl groups is 1. The van der Waals surface area contributed by atoms with Gasteiger partial charge in [-0.05, 0) is 87.0 Å². The summed E-state index contributed by atoms with van der Waals surface area (Å²) in [4.78, 5) is 123. The van der Waals surface area contributed by atoms with Gasteiger partial charge >= 0.3 is 12.0 Å². The number of aryl methyl sites for hydroxylation is 1. The summed E-state index contributed by atoms with van der Waals surface area (Å²) in [6.45, 7) is 11.7. The topological polar surface area (TPSA) is 364 Å². The van der Waals surface area contributed by atoms with Crippen LogP contribution in [-0.4, -0.2) is 210 Å². The molecule has 5 aliphatic rings. The van der Waals surface area contributed by atoms with Crippen LogP contribution in [0.15, 0.2) is 27.9 Å². The third-order valence-corrected chi connectivity index (χ3v) is 18.1. The number of amides is 8. The van der Waals surface area contributed by atoms with Gasteiger partial charge < -0.3 is 84.6 Å². The maximum absolute atomic E-state index is 14.3. The number of likely N-dealkylation sites (tertiary alicyclic amines) is 1. The average Bonchev–Trinajstić information content (AvgIpc) is 1.49. The molecule has 93 heavy (non-hydrogen) atoms. The fourth-order valence-electron chi connectivity index (χ4n) is 11.8. The van der Waals surface area contributed by atoms with Gasteiger partial charge in [-0.15, -0.1) is 11.8 Å². The number of thioether (sulfide) groups is 1. The number of nitrogens with one attached hydrogen (secondary N) is 5. The lowest BCUT2D eigenvalue weighted by Gasteiger charge is -2.31. The zero-order valence-electron chi connectivity index (χ0n) is 54.4. The van der Waals surface area contributed by atoms with Gasteiger partial charge in [0, 0.05) is 73.3 Å². The van der Waals surface area contributed by atoms with Crippen molar-refractivity contribution in [1.29, 1.82) is 0 Å². The van der Waals surface area contributed by atoms with Crippen LogP contribution in [0.25, 0.3) is 22.3 Å². The Hall–Kier alpha value is -6.67. The Labute approximate surface area is 546 Å². The molecule has 28 nitrogen and oxygen atoms in total. The zero-order chi connectivity index (χ0) is 67.2. The highest BCUT2D eigenvalue weighted by molar-refractivity contribution is 7.99. The first-order valence-corrected chi connectivity index (χ1v) is 33.3. The molecule has 29 heteroatoms. The lowest BCUT2D eigenvalue weighted by molar-refractivity contribution is -0.172. The number of hydrogen-bond donors (Lipinski definition) is 7. The van der Waals surface area contributed by atoms with Crippen molar-refractivity contribution in [2.24, 2.45) is 23.5 Å². The van der Waals surface area contributed by atoms with Gasteiger partial charge in [0.1, 0.15) is 18.7 Å². The monoisotopic (exact) mass is 1320 g/mol. The van der Waals surface area contributed by atoms with Gasteiger partial charge in [-0.25, -0.2) is 14.6 Å². The SMILES string of the molecule is [3H]C1CC(=O)N(CC2CCC(C(=O)NCCOCCOCCOCCOCCOCCOCCOCCOCCC(=O)N[C@H](C(=O)N[C@@H](CCCNC(N)=O)C(=O)Nc3ccc4nc5c(c6c4c3SCC6)Cn3c-5cc4c(c3=O)COC(=O)[C@]4(O)CC)C(C)C)CC2)C1=O. The molecular formula is C64H91N9O19S. The molecule has 8 N–H and O–H groups in total. The lowest BCUT2D eigenvalue weighted by atomic mass is 9.81.